The van der Waals surface area contributed by atoms with Crippen LogP contribution in [0.5, 0.6) is 5.75 Å². The number of nitriles is 1. The lowest BCUT2D eigenvalue weighted by Gasteiger charge is -2.36. The molecule has 2 aromatic carbocycles. The Kier molecular flexibility index (Phi) is 6.70. The van der Waals surface area contributed by atoms with Gasteiger partial charge in [-0.2, -0.15) is 5.26 Å². The molecule has 0 spiro atoms. The maximum Gasteiger partial charge on any atom is 0.246 e. The van der Waals surface area contributed by atoms with Crippen LogP contribution < -0.4 is 4.74 Å². The Hall–Kier alpha value is -2.81. The van der Waals surface area contributed by atoms with Gasteiger partial charge in [0, 0.05) is 37.3 Å². The molecule has 0 bridgehead atoms. The predicted octanol–water partition coefficient (Wildman–Crippen LogP) is 3.77. The molecule has 1 fully saturated rings. The van der Waals surface area contributed by atoms with E-state index in [4.69, 9.17) is 16.3 Å². The zero-order valence-electron chi connectivity index (χ0n) is 15.7. The quantitative estimate of drug-likeness (QED) is 0.723. The molecular weight excluding hydrogens is 374 g/mol. The molecule has 0 aromatic heterocycles. The van der Waals surface area contributed by atoms with Crippen molar-refractivity contribution in [1.82, 2.24) is 9.80 Å². The maximum atomic E-state index is 12.4. The van der Waals surface area contributed by atoms with Gasteiger partial charge in [-0.1, -0.05) is 35.9 Å². The second-order valence-corrected chi connectivity index (χ2v) is 6.99. The molecule has 3 rings (SSSR count). The van der Waals surface area contributed by atoms with Crippen LogP contribution >= 0.6 is 11.6 Å². The number of benzene rings is 2. The van der Waals surface area contributed by atoms with Gasteiger partial charge in [-0.15, -0.1) is 0 Å². The van der Waals surface area contributed by atoms with Crippen molar-refractivity contribution in [2.24, 2.45) is 0 Å². The fourth-order valence-electron chi connectivity index (χ4n) is 3.20. The first-order chi connectivity index (χ1) is 13.6. The topological polar surface area (TPSA) is 56.6 Å². The smallest absolute Gasteiger partial charge is 0.246 e. The first-order valence-corrected chi connectivity index (χ1v) is 9.48. The molecule has 1 heterocycles. The van der Waals surface area contributed by atoms with Gasteiger partial charge in [-0.3, -0.25) is 9.69 Å². The molecule has 1 aliphatic heterocycles. The molecule has 0 saturated carbocycles. The highest BCUT2D eigenvalue weighted by atomic mass is 35.5. The Morgan fingerprint density at radius 1 is 1.11 bits per heavy atom. The van der Waals surface area contributed by atoms with Crippen LogP contribution in [0.4, 0.5) is 0 Å². The highest BCUT2D eigenvalue weighted by Crippen LogP contribution is 2.24. The Morgan fingerprint density at radius 2 is 1.75 bits per heavy atom. The molecule has 28 heavy (non-hydrogen) atoms. The fraction of sp³-hybridized carbons (Fsp3) is 0.273. The summed E-state index contributed by atoms with van der Waals surface area (Å²) in [5.41, 5.74) is 1.87. The van der Waals surface area contributed by atoms with E-state index >= 15 is 0 Å². The summed E-state index contributed by atoms with van der Waals surface area (Å²) < 4.78 is 5.18. The second kappa shape index (κ2) is 9.41. The van der Waals surface area contributed by atoms with Crippen molar-refractivity contribution in [2.75, 3.05) is 33.3 Å². The van der Waals surface area contributed by atoms with Crippen LogP contribution in [0, 0.1) is 11.3 Å². The monoisotopic (exact) mass is 395 g/mol. The Labute approximate surface area is 170 Å². The molecule has 144 valence electrons. The summed E-state index contributed by atoms with van der Waals surface area (Å²) in [4.78, 5) is 16.4. The summed E-state index contributed by atoms with van der Waals surface area (Å²) in [6.07, 6.45) is 3.38. The molecule has 1 amide bonds. The van der Waals surface area contributed by atoms with Crippen LogP contribution in [-0.2, 0) is 4.79 Å². The van der Waals surface area contributed by atoms with Gasteiger partial charge in [0.05, 0.1) is 13.2 Å². The number of amides is 1. The van der Waals surface area contributed by atoms with Crippen LogP contribution in [0.15, 0.2) is 54.6 Å². The molecule has 6 heteroatoms. The number of rotatable bonds is 5. The lowest BCUT2D eigenvalue weighted by molar-refractivity contribution is -0.127. The first-order valence-electron chi connectivity index (χ1n) is 9.11. The number of carbonyl (C=O) groups is 1. The fourth-order valence-corrected chi connectivity index (χ4v) is 3.33. The highest BCUT2D eigenvalue weighted by molar-refractivity contribution is 6.30. The van der Waals surface area contributed by atoms with Crippen molar-refractivity contribution in [2.45, 2.75) is 6.04 Å². The molecule has 1 saturated heterocycles. The van der Waals surface area contributed by atoms with Gasteiger partial charge >= 0.3 is 0 Å². The summed E-state index contributed by atoms with van der Waals surface area (Å²) in [7, 11) is 1.62. The van der Waals surface area contributed by atoms with Crippen molar-refractivity contribution < 1.29 is 9.53 Å². The zero-order chi connectivity index (χ0) is 19.9. The molecule has 0 aliphatic carbocycles. The van der Waals surface area contributed by atoms with Crippen molar-refractivity contribution in [1.29, 1.82) is 5.26 Å². The van der Waals surface area contributed by atoms with E-state index in [-0.39, 0.29) is 11.9 Å². The Bertz CT molecular complexity index is 864. The van der Waals surface area contributed by atoms with E-state index in [0.717, 1.165) is 16.9 Å². The first kappa shape index (κ1) is 19.9. The minimum Gasteiger partial charge on any atom is -0.497 e. The van der Waals surface area contributed by atoms with E-state index in [1.807, 2.05) is 41.3 Å². The van der Waals surface area contributed by atoms with E-state index < -0.39 is 0 Å². The minimum atomic E-state index is -0.326. The zero-order valence-corrected chi connectivity index (χ0v) is 16.5. The van der Waals surface area contributed by atoms with Crippen molar-refractivity contribution in [3.05, 3.63) is 70.8 Å². The van der Waals surface area contributed by atoms with E-state index in [1.165, 1.54) is 0 Å². The van der Waals surface area contributed by atoms with Gasteiger partial charge in [0.25, 0.3) is 0 Å². The summed E-state index contributed by atoms with van der Waals surface area (Å²) in [5.74, 6) is 0.746. The molecule has 0 radical (unpaired) electrons. The number of nitrogens with zero attached hydrogens (tertiary/aromatic N) is 3. The number of methoxy groups -OCH3 is 1. The third-order valence-corrected chi connectivity index (χ3v) is 5.09. The van der Waals surface area contributed by atoms with E-state index in [2.05, 4.69) is 11.0 Å². The van der Waals surface area contributed by atoms with Gasteiger partial charge in [0.1, 0.15) is 11.8 Å². The highest BCUT2D eigenvalue weighted by Gasteiger charge is 2.26. The number of piperazine rings is 1. The van der Waals surface area contributed by atoms with Crippen LogP contribution in [-0.4, -0.2) is 49.0 Å². The van der Waals surface area contributed by atoms with Crippen molar-refractivity contribution in [3.8, 4) is 11.8 Å². The van der Waals surface area contributed by atoms with Gasteiger partial charge in [0.15, 0.2) is 0 Å². The van der Waals surface area contributed by atoms with Gasteiger partial charge in [-0.05, 0) is 41.5 Å². The van der Waals surface area contributed by atoms with Gasteiger partial charge in [-0.25, -0.2) is 0 Å². The predicted molar refractivity (Wildman–Crippen MR) is 110 cm³/mol. The molecule has 0 N–H and O–H groups in total. The van der Waals surface area contributed by atoms with Crippen molar-refractivity contribution >= 4 is 23.6 Å². The van der Waals surface area contributed by atoms with Crippen LogP contribution in [0.3, 0.4) is 0 Å². The molecule has 1 atom stereocenters. The standard InChI is InChI=1S/C22H22ClN3O2/c1-28-20-9-5-18(6-10-20)21(16-24)25-12-14-26(15-13-25)22(27)11-4-17-2-7-19(23)8-3-17/h2-11,21H,12-15H2,1H3/b11-4+. The number of halogens is 1. The number of ether oxygens (including phenoxy) is 1. The SMILES string of the molecule is COc1ccc(C(C#N)N2CCN(C(=O)/C=C/c3ccc(Cl)cc3)CC2)cc1. The second-order valence-electron chi connectivity index (χ2n) is 6.55. The number of hydrogen-bond acceptors (Lipinski definition) is 4. The van der Waals surface area contributed by atoms with Crippen LogP contribution in [0.1, 0.15) is 17.2 Å². The third-order valence-electron chi connectivity index (χ3n) is 4.83. The van der Waals surface area contributed by atoms with Gasteiger partial charge < -0.3 is 9.64 Å². The van der Waals surface area contributed by atoms with Crippen LogP contribution in [0.25, 0.3) is 6.08 Å². The van der Waals surface area contributed by atoms with Gasteiger partial charge in [0.2, 0.25) is 5.91 Å². The lowest BCUT2D eigenvalue weighted by atomic mass is 10.1. The Balaban J connectivity index is 1.57. The molecule has 1 aliphatic rings. The summed E-state index contributed by atoms with van der Waals surface area (Å²) >= 11 is 5.87. The average molecular weight is 396 g/mol. The Morgan fingerprint density at radius 3 is 2.32 bits per heavy atom. The largest absolute Gasteiger partial charge is 0.497 e. The number of carbonyl (C=O) groups excluding carboxylic acids is 1. The van der Waals surface area contributed by atoms with E-state index in [1.54, 1.807) is 31.4 Å². The summed E-state index contributed by atoms with van der Waals surface area (Å²) in [5, 5.41) is 10.3. The third kappa shape index (κ3) is 4.92. The average Bonchev–Trinajstić information content (AvgIpc) is 2.74. The van der Waals surface area contributed by atoms with Crippen molar-refractivity contribution in [3.63, 3.8) is 0 Å². The molecular formula is C22H22ClN3O2. The van der Waals surface area contributed by atoms with E-state index in [9.17, 15) is 10.1 Å². The summed E-state index contributed by atoms with van der Waals surface area (Å²) in [6.45, 7) is 2.51. The minimum absolute atomic E-state index is 0.0208. The summed E-state index contributed by atoms with van der Waals surface area (Å²) in [6, 6.07) is 16.9. The van der Waals surface area contributed by atoms with E-state index in [0.29, 0.717) is 31.2 Å². The normalized spacial score (nSPS) is 16.0. The molecule has 2 aromatic rings. The maximum absolute atomic E-state index is 12.4. The number of hydrogen-bond donors (Lipinski definition) is 0. The molecule has 5 nitrogen and oxygen atoms in total. The lowest BCUT2D eigenvalue weighted by Crippen LogP contribution is -2.49. The molecule has 1 unspecified atom stereocenters. The van der Waals surface area contributed by atoms with Crippen LogP contribution in [0.2, 0.25) is 5.02 Å².